The molecule has 0 fully saturated rings. The predicted molar refractivity (Wildman–Crippen MR) is 62.8 cm³/mol. The van der Waals surface area contributed by atoms with Crippen LogP contribution in [0.1, 0.15) is 37.0 Å². The van der Waals surface area contributed by atoms with Gasteiger partial charge in [0.15, 0.2) is 0 Å². The number of halogens is 1. The van der Waals surface area contributed by atoms with Crippen LogP contribution < -0.4 is 0 Å². The summed E-state index contributed by atoms with van der Waals surface area (Å²) in [5, 5.41) is 10.5. The topological polar surface area (TPSA) is 69.4 Å². The number of carbonyl (C=O) groups is 1. The molecule has 0 heterocycles. The lowest BCUT2D eigenvalue weighted by molar-refractivity contribution is -0.384. The Kier molecular flexibility index (Phi) is 4.76. The maximum Gasteiger partial charge on any atom is 0.341 e. The Morgan fingerprint density at radius 1 is 1.56 bits per heavy atom. The first-order chi connectivity index (χ1) is 8.45. The second-order valence-corrected chi connectivity index (χ2v) is 3.93. The molecule has 1 aromatic carbocycles. The van der Waals surface area contributed by atoms with Gasteiger partial charge in [-0.05, 0) is 19.4 Å². The summed E-state index contributed by atoms with van der Waals surface area (Å²) in [7, 11) is 0. The molecule has 98 valence electrons. The molecule has 0 saturated heterocycles. The van der Waals surface area contributed by atoms with Crippen LogP contribution in [0.3, 0.4) is 0 Å². The second kappa shape index (κ2) is 6.09. The number of nitro groups is 1. The van der Waals surface area contributed by atoms with Crippen molar-refractivity contribution in [3.63, 3.8) is 0 Å². The van der Waals surface area contributed by atoms with Crippen LogP contribution in [0.2, 0.25) is 0 Å². The number of nitro benzene ring substituents is 1. The molecule has 0 aliphatic heterocycles. The number of non-ortho nitro benzene ring substituents is 1. The van der Waals surface area contributed by atoms with Crippen molar-refractivity contribution in [1.82, 2.24) is 0 Å². The van der Waals surface area contributed by atoms with E-state index in [9.17, 15) is 19.3 Å². The number of esters is 1. The molecule has 6 heteroatoms. The fourth-order valence-electron chi connectivity index (χ4n) is 1.49. The zero-order chi connectivity index (χ0) is 13.7. The normalized spacial score (nSPS) is 11.9. The zero-order valence-corrected chi connectivity index (χ0v) is 10.2. The molecule has 1 unspecified atom stereocenters. The van der Waals surface area contributed by atoms with Gasteiger partial charge in [0.25, 0.3) is 5.69 Å². The highest BCUT2D eigenvalue weighted by Gasteiger charge is 2.19. The molecule has 5 nitrogen and oxygen atoms in total. The molecule has 0 bridgehead atoms. The van der Waals surface area contributed by atoms with E-state index in [2.05, 4.69) is 0 Å². The molecule has 0 N–H and O–H groups in total. The number of benzene rings is 1. The Hall–Kier alpha value is -1.98. The van der Waals surface area contributed by atoms with Crippen molar-refractivity contribution in [2.75, 3.05) is 0 Å². The maximum absolute atomic E-state index is 13.4. The molecule has 0 radical (unpaired) electrons. The van der Waals surface area contributed by atoms with E-state index in [1.54, 1.807) is 6.92 Å². The Balaban J connectivity index is 2.91. The van der Waals surface area contributed by atoms with Gasteiger partial charge in [-0.3, -0.25) is 10.1 Å². The summed E-state index contributed by atoms with van der Waals surface area (Å²) < 4.78 is 18.4. The van der Waals surface area contributed by atoms with E-state index in [1.807, 2.05) is 6.92 Å². The summed E-state index contributed by atoms with van der Waals surface area (Å²) in [5.74, 6) is -1.70. The minimum absolute atomic E-state index is 0.341. The van der Waals surface area contributed by atoms with Gasteiger partial charge in [0, 0.05) is 12.1 Å². The molecule has 0 spiro atoms. The lowest BCUT2D eigenvalue weighted by atomic mass is 10.2. The summed E-state index contributed by atoms with van der Waals surface area (Å²) in [6.07, 6.45) is 1.13. The molecule has 1 rings (SSSR count). The van der Waals surface area contributed by atoms with Gasteiger partial charge in [0.1, 0.15) is 11.4 Å². The summed E-state index contributed by atoms with van der Waals surface area (Å²) in [5.41, 5.74) is -0.751. The number of hydrogen-bond acceptors (Lipinski definition) is 4. The van der Waals surface area contributed by atoms with Crippen molar-refractivity contribution in [2.24, 2.45) is 0 Å². The van der Waals surface area contributed by atoms with Gasteiger partial charge in [0.05, 0.1) is 11.0 Å². The smallest absolute Gasteiger partial charge is 0.341 e. The van der Waals surface area contributed by atoms with Crippen molar-refractivity contribution in [2.45, 2.75) is 32.8 Å². The van der Waals surface area contributed by atoms with Gasteiger partial charge in [-0.15, -0.1) is 0 Å². The number of ether oxygens (including phenoxy) is 1. The summed E-state index contributed by atoms with van der Waals surface area (Å²) in [6.45, 7) is 3.62. The largest absolute Gasteiger partial charge is 0.459 e. The van der Waals surface area contributed by atoms with Crippen LogP contribution >= 0.6 is 0 Å². The number of rotatable bonds is 5. The lowest BCUT2D eigenvalue weighted by Crippen LogP contribution is -2.16. The predicted octanol–water partition coefficient (Wildman–Crippen LogP) is 3.08. The van der Waals surface area contributed by atoms with Gasteiger partial charge in [-0.2, -0.15) is 0 Å². The van der Waals surface area contributed by atoms with E-state index in [0.717, 1.165) is 24.6 Å². The number of nitrogens with zero attached hydrogens (tertiary/aromatic N) is 1. The average molecular weight is 255 g/mol. The first-order valence-electron chi connectivity index (χ1n) is 5.60. The van der Waals surface area contributed by atoms with Crippen molar-refractivity contribution < 1.29 is 18.8 Å². The van der Waals surface area contributed by atoms with Gasteiger partial charge >= 0.3 is 5.97 Å². The van der Waals surface area contributed by atoms with E-state index in [-0.39, 0.29) is 11.8 Å². The fraction of sp³-hybridized carbons (Fsp3) is 0.417. The molecule has 0 amide bonds. The highest BCUT2D eigenvalue weighted by Crippen LogP contribution is 2.18. The Labute approximate surface area is 104 Å². The van der Waals surface area contributed by atoms with Crippen molar-refractivity contribution in [3.8, 4) is 0 Å². The fourth-order valence-corrected chi connectivity index (χ4v) is 1.49. The molecular formula is C12H14FNO4. The third-order valence-electron chi connectivity index (χ3n) is 2.38. The monoisotopic (exact) mass is 255 g/mol. The highest BCUT2D eigenvalue weighted by atomic mass is 19.1. The van der Waals surface area contributed by atoms with E-state index in [1.165, 1.54) is 0 Å². The van der Waals surface area contributed by atoms with Gasteiger partial charge < -0.3 is 4.74 Å². The quantitative estimate of drug-likeness (QED) is 0.460. The molecule has 18 heavy (non-hydrogen) atoms. The average Bonchev–Trinajstić information content (AvgIpc) is 2.29. The Morgan fingerprint density at radius 2 is 2.22 bits per heavy atom. The molecule has 1 atom stereocenters. The zero-order valence-electron chi connectivity index (χ0n) is 10.2. The molecule has 0 saturated carbocycles. The van der Waals surface area contributed by atoms with Crippen LogP contribution in [0.25, 0.3) is 0 Å². The van der Waals surface area contributed by atoms with Crippen molar-refractivity contribution in [3.05, 3.63) is 39.7 Å². The number of hydrogen-bond donors (Lipinski definition) is 0. The standard InChI is InChI=1S/C12H14FNO4/c1-3-4-8(2)18-12(15)10-7-9(14(16)17)5-6-11(10)13/h5-8H,3-4H2,1-2H3. The van der Waals surface area contributed by atoms with Crippen LogP contribution in [-0.4, -0.2) is 17.0 Å². The van der Waals surface area contributed by atoms with Gasteiger partial charge in [-0.1, -0.05) is 13.3 Å². The minimum atomic E-state index is -0.878. The molecule has 0 aliphatic carbocycles. The third kappa shape index (κ3) is 3.51. The molecule has 0 aromatic heterocycles. The first-order valence-corrected chi connectivity index (χ1v) is 5.60. The van der Waals surface area contributed by atoms with E-state index >= 15 is 0 Å². The lowest BCUT2D eigenvalue weighted by Gasteiger charge is -2.12. The Bertz CT molecular complexity index is 461. The van der Waals surface area contributed by atoms with E-state index in [0.29, 0.717) is 6.42 Å². The van der Waals surface area contributed by atoms with Crippen LogP contribution in [0.5, 0.6) is 0 Å². The second-order valence-electron chi connectivity index (χ2n) is 3.93. The van der Waals surface area contributed by atoms with Crippen LogP contribution in [0, 0.1) is 15.9 Å². The van der Waals surface area contributed by atoms with Crippen LogP contribution in [0.4, 0.5) is 10.1 Å². The first kappa shape index (κ1) is 14.1. The van der Waals surface area contributed by atoms with Crippen LogP contribution in [0.15, 0.2) is 18.2 Å². The SMILES string of the molecule is CCCC(C)OC(=O)c1cc([N+](=O)[O-])ccc1F. The minimum Gasteiger partial charge on any atom is -0.459 e. The van der Waals surface area contributed by atoms with E-state index in [4.69, 9.17) is 4.74 Å². The molecule has 0 aliphatic rings. The van der Waals surface area contributed by atoms with Crippen molar-refractivity contribution in [1.29, 1.82) is 0 Å². The number of carbonyl (C=O) groups excluding carboxylic acids is 1. The third-order valence-corrected chi connectivity index (χ3v) is 2.38. The van der Waals surface area contributed by atoms with Crippen LogP contribution in [-0.2, 0) is 4.74 Å². The van der Waals surface area contributed by atoms with Gasteiger partial charge in [0.2, 0.25) is 0 Å². The maximum atomic E-state index is 13.4. The molecule has 1 aromatic rings. The summed E-state index contributed by atoms with van der Waals surface area (Å²) >= 11 is 0. The highest BCUT2D eigenvalue weighted by molar-refractivity contribution is 5.90. The van der Waals surface area contributed by atoms with Crippen molar-refractivity contribution >= 4 is 11.7 Å². The summed E-state index contributed by atoms with van der Waals surface area (Å²) in [6, 6.07) is 2.77. The summed E-state index contributed by atoms with van der Waals surface area (Å²) in [4.78, 5) is 21.5. The van der Waals surface area contributed by atoms with E-state index < -0.39 is 22.3 Å². The van der Waals surface area contributed by atoms with Gasteiger partial charge in [-0.25, -0.2) is 9.18 Å². The Morgan fingerprint density at radius 3 is 2.78 bits per heavy atom. The molecular weight excluding hydrogens is 241 g/mol.